The molecule has 0 spiro atoms. The quantitative estimate of drug-likeness (QED) is 0.691. The Labute approximate surface area is 126 Å². The van der Waals surface area contributed by atoms with Crippen molar-refractivity contribution in [2.24, 2.45) is 0 Å². The summed E-state index contributed by atoms with van der Waals surface area (Å²) in [5.41, 5.74) is 1.14. The molecule has 0 aliphatic heterocycles. The Morgan fingerprint density at radius 1 is 1.41 bits per heavy atom. The predicted molar refractivity (Wildman–Crippen MR) is 79.3 cm³/mol. The number of nitrogens with one attached hydrogen (secondary N) is 1. The maximum Gasteiger partial charge on any atom is 0.342 e. The Balaban J connectivity index is 2.21. The van der Waals surface area contributed by atoms with Crippen molar-refractivity contribution in [3.63, 3.8) is 0 Å². The van der Waals surface area contributed by atoms with Crippen molar-refractivity contribution in [1.82, 2.24) is 15.1 Å². The lowest BCUT2D eigenvalue weighted by atomic mass is 10.2. The van der Waals surface area contributed by atoms with E-state index in [1.165, 1.54) is 16.8 Å². The fourth-order valence-electron chi connectivity index (χ4n) is 1.94. The minimum Gasteiger partial charge on any atom is -0.437 e. The van der Waals surface area contributed by atoms with Gasteiger partial charge in [0.1, 0.15) is 5.75 Å². The maximum absolute atomic E-state index is 11.8. The smallest absolute Gasteiger partial charge is 0.342 e. The molecule has 0 aliphatic rings. The first kappa shape index (κ1) is 15.5. The molecule has 0 saturated heterocycles. The minimum absolute atomic E-state index is 0.0244. The highest BCUT2D eigenvalue weighted by molar-refractivity contribution is 5.76. The van der Waals surface area contributed by atoms with E-state index in [4.69, 9.17) is 4.74 Å². The van der Waals surface area contributed by atoms with Gasteiger partial charge in [0.15, 0.2) is 0 Å². The van der Waals surface area contributed by atoms with Crippen LogP contribution >= 0.6 is 0 Å². The minimum atomic E-state index is -0.451. The summed E-state index contributed by atoms with van der Waals surface area (Å²) in [6.07, 6.45) is 0. The topological polar surface area (TPSA) is 99.3 Å². The van der Waals surface area contributed by atoms with Gasteiger partial charge in [-0.1, -0.05) is 0 Å². The lowest BCUT2D eigenvalue weighted by molar-refractivity contribution is -0.385. The third kappa shape index (κ3) is 3.22. The molecule has 0 bridgehead atoms. The SMILES string of the molecule is CCNC(=O)n1nc(Oc2ccc([N+](=O)[O-])c(C)c2)cc1C. The van der Waals surface area contributed by atoms with Crippen LogP contribution in [0.25, 0.3) is 0 Å². The molecule has 0 unspecified atom stereocenters. The Kier molecular flexibility index (Phi) is 4.40. The van der Waals surface area contributed by atoms with Crippen molar-refractivity contribution >= 4 is 11.7 Å². The van der Waals surface area contributed by atoms with Crippen LogP contribution in [0.4, 0.5) is 10.5 Å². The van der Waals surface area contributed by atoms with E-state index in [9.17, 15) is 14.9 Å². The van der Waals surface area contributed by atoms with Crippen LogP contribution in [0.5, 0.6) is 11.6 Å². The molecule has 1 aromatic carbocycles. The summed E-state index contributed by atoms with van der Waals surface area (Å²) in [6.45, 7) is 5.67. The first-order chi connectivity index (χ1) is 10.4. The summed E-state index contributed by atoms with van der Waals surface area (Å²) in [5.74, 6) is 0.667. The number of benzene rings is 1. The Morgan fingerprint density at radius 2 is 2.14 bits per heavy atom. The van der Waals surface area contributed by atoms with Gasteiger partial charge in [0.25, 0.3) is 5.69 Å². The van der Waals surface area contributed by atoms with Crippen LogP contribution in [0, 0.1) is 24.0 Å². The Hall–Kier alpha value is -2.90. The summed E-state index contributed by atoms with van der Waals surface area (Å²) in [5, 5.41) is 17.5. The van der Waals surface area contributed by atoms with Gasteiger partial charge in [-0.15, -0.1) is 5.10 Å². The molecule has 2 aromatic rings. The van der Waals surface area contributed by atoms with Gasteiger partial charge in [-0.3, -0.25) is 10.1 Å². The Bertz CT molecular complexity index is 724. The number of carbonyl (C=O) groups excluding carboxylic acids is 1. The molecule has 8 nitrogen and oxygen atoms in total. The molecule has 22 heavy (non-hydrogen) atoms. The Morgan fingerprint density at radius 3 is 2.73 bits per heavy atom. The molecule has 0 radical (unpaired) electrons. The number of nitro groups is 1. The van der Waals surface area contributed by atoms with Gasteiger partial charge >= 0.3 is 6.03 Å². The number of carbonyl (C=O) groups is 1. The zero-order valence-electron chi connectivity index (χ0n) is 12.5. The average molecular weight is 304 g/mol. The molecular formula is C14H16N4O4. The van der Waals surface area contributed by atoms with Crippen LogP contribution in [-0.4, -0.2) is 27.3 Å². The highest BCUT2D eigenvalue weighted by Crippen LogP contribution is 2.26. The molecule has 116 valence electrons. The molecule has 1 N–H and O–H groups in total. The van der Waals surface area contributed by atoms with E-state index in [2.05, 4.69) is 10.4 Å². The third-order valence-corrected chi connectivity index (χ3v) is 2.97. The van der Waals surface area contributed by atoms with Crippen molar-refractivity contribution in [3.8, 4) is 11.6 Å². The molecule has 0 saturated carbocycles. The van der Waals surface area contributed by atoms with Crippen molar-refractivity contribution in [2.45, 2.75) is 20.8 Å². The molecule has 1 aromatic heterocycles. The van der Waals surface area contributed by atoms with Crippen LogP contribution < -0.4 is 10.1 Å². The molecule has 1 heterocycles. The lowest BCUT2D eigenvalue weighted by Crippen LogP contribution is -2.29. The lowest BCUT2D eigenvalue weighted by Gasteiger charge is -2.04. The molecule has 0 aliphatic carbocycles. The number of aromatic nitrogens is 2. The fraction of sp³-hybridized carbons (Fsp3) is 0.286. The molecular weight excluding hydrogens is 288 g/mol. The summed E-state index contributed by atoms with van der Waals surface area (Å²) < 4.78 is 6.75. The highest BCUT2D eigenvalue weighted by atomic mass is 16.6. The predicted octanol–water partition coefficient (Wildman–Crippen LogP) is 2.78. The van der Waals surface area contributed by atoms with Crippen molar-refractivity contribution in [1.29, 1.82) is 0 Å². The number of nitro benzene ring substituents is 1. The number of nitrogens with zero attached hydrogens (tertiary/aromatic N) is 3. The van der Waals surface area contributed by atoms with Crippen LogP contribution in [0.1, 0.15) is 18.2 Å². The molecule has 2 rings (SSSR count). The van der Waals surface area contributed by atoms with Crippen molar-refractivity contribution in [3.05, 3.63) is 45.6 Å². The average Bonchev–Trinajstić information content (AvgIpc) is 2.79. The number of hydrogen-bond donors (Lipinski definition) is 1. The monoisotopic (exact) mass is 304 g/mol. The van der Waals surface area contributed by atoms with E-state index in [1.54, 1.807) is 26.0 Å². The van der Waals surface area contributed by atoms with Gasteiger partial charge in [0.2, 0.25) is 5.88 Å². The second-order valence-electron chi connectivity index (χ2n) is 4.68. The van der Waals surface area contributed by atoms with E-state index < -0.39 is 4.92 Å². The number of hydrogen-bond acceptors (Lipinski definition) is 5. The molecule has 0 fully saturated rings. The van der Waals surface area contributed by atoms with Gasteiger partial charge in [-0.2, -0.15) is 4.68 Å². The van der Waals surface area contributed by atoms with Gasteiger partial charge < -0.3 is 10.1 Å². The second kappa shape index (κ2) is 6.25. The second-order valence-corrected chi connectivity index (χ2v) is 4.68. The van der Waals surface area contributed by atoms with Crippen LogP contribution in [0.3, 0.4) is 0 Å². The molecule has 0 atom stereocenters. The normalized spacial score (nSPS) is 10.3. The fourth-order valence-corrected chi connectivity index (χ4v) is 1.94. The summed E-state index contributed by atoms with van der Waals surface area (Å²) in [7, 11) is 0. The highest BCUT2D eigenvalue weighted by Gasteiger charge is 2.14. The number of amides is 1. The first-order valence-corrected chi connectivity index (χ1v) is 6.70. The molecule has 1 amide bonds. The van der Waals surface area contributed by atoms with E-state index >= 15 is 0 Å². The van der Waals surface area contributed by atoms with E-state index in [-0.39, 0.29) is 17.6 Å². The largest absolute Gasteiger partial charge is 0.437 e. The van der Waals surface area contributed by atoms with Gasteiger partial charge in [0, 0.05) is 24.2 Å². The van der Waals surface area contributed by atoms with E-state index in [0.717, 1.165) is 0 Å². The van der Waals surface area contributed by atoms with Crippen LogP contribution in [0.2, 0.25) is 0 Å². The van der Waals surface area contributed by atoms with E-state index in [1.807, 2.05) is 6.92 Å². The first-order valence-electron chi connectivity index (χ1n) is 6.70. The van der Waals surface area contributed by atoms with Gasteiger partial charge in [-0.05, 0) is 32.9 Å². The van der Waals surface area contributed by atoms with Crippen molar-refractivity contribution in [2.75, 3.05) is 6.54 Å². The standard InChI is InChI=1S/C14H16N4O4/c1-4-15-14(19)17-10(3)8-13(16-17)22-11-5-6-12(18(20)21)9(2)7-11/h5-8H,4H2,1-3H3,(H,15,19). The van der Waals surface area contributed by atoms with E-state index in [0.29, 0.717) is 23.6 Å². The summed E-state index contributed by atoms with van der Waals surface area (Å²) >= 11 is 0. The number of ether oxygens (including phenoxy) is 1. The van der Waals surface area contributed by atoms with Crippen LogP contribution in [0.15, 0.2) is 24.3 Å². The van der Waals surface area contributed by atoms with Gasteiger partial charge in [0.05, 0.1) is 10.6 Å². The zero-order valence-corrected chi connectivity index (χ0v) is 12.5. The number of rotatable bonds is 4. The van der Waals surface area contributed by atoms with Crippen LogP contribution in [-0.2, 0) is 0 Å². The summed E-state index contributed by atoms with van der Waals surface area (Å²) in [6, 6.07) is 5.70. The van der Waals surface area contributed by atoms with Gasteiger partial charge in [-0.25, -0.2) is 4.79 Å². The number of aryl methyl sites for hydroxylation is 2. The van der Waals surface area contributed by atoms with Crippen molar-refractivity contribution < 1.29 is 14.5 Å². The molecule has 8 heteroatoms. The zero-order chi connectivity index (χ0) is 16.3. The summed E-state index contributed by atoms with van der Waals surface area (Å²) in [4.78, 5) is 22.1. The maximum atomic E-state index is 11.8. The third-order valence-electron chi connectivity index (χ3n) is 2.97.